The molecule has 2 N–H and O–H groups in total. The van der Waals surface area contributed by atoms with Crippen molar-refractivity contribution in [3.8, 4) is 5.69 Å². The largest absolute Gasteiger partial charge is 0.356 e. The molecule has 0 amide bonds. The highest BCUT2D eigenvalue weighted by molar-refractivity contribution is 14.0. The number of aliphatic imine (C=N–C) groups is 1. The molecule has 1 saturated carbocycles. The van der Waals surface area contributed by atoms with E-state index in [1.165, 1.54) is 24.8 Å². The molecule has 0 saturated heterocycles. The number of thioether (sulfide) groups is 1. The number of hydrogen-bond acceptors (Lipinski definition) is 3. The van der Waals surface area contributed by atoms with Crippen LogP contribution >= 0.6 is 35.7 Å². The maximum absolute atomic E-state index is 4.65. The Hall–Kier alpha value is -1.22. The fourth-order valence-electron chi connectivity index (χ4n) is 3.61. The highest BCUT2D eigenvalue weighted by atomic mass is 127. The van der Waals surface area contributed by atoms with Crippen LogP contribution in [-0.2, 0) is 6.42 Å². The molecule has 1 fully saturated rings. The van der Waals surface area contributed by atoms with Crippen LogP contribution in [0.25, 0.3) is 5.69 Å². The van der Waals surface area contributed by atoms with Gasteiger partial charge in [0.1, 0.15) is 0 Å². The number of guanidine groups is 1. The Morgan fingerprint density at radius 1 is 1.29 bits per heavy atom. The van der Waals surface area contributed by atoms with E-state index in [1.54, 1.807) is 0 Å². The van der Waals surface area contributed by atoms with E-state index in [-0.39, 0.29) is 24.0 Å². The van der Waals surface area contributed by atoms with Gasteiger partial charge >= 0.3 is 0 Å². The number of rotatable bonds is 7. The van der Waals surface area contributed by atoms with E-state index in [1.807, 2.05) is 41.7 Å². The number of aromatic nitrogens is 2. The van der Waals surface area contributed by atoms with E-state index in [0.29, 0.717) is 6.04 Å². The van der Waals surface area contributed by atoms with Gasteiger partial charge in [0.05, 0.1) is 11.4 Å². The zero-order valence-corrected chi connectivity index (χ0v) is 20.2. The van der Waals surface area contributed by atoms with Crippen LogP contribution in [0, 0.1) is 6.92 Å². The van der Waals surface area contributed by atoms with Gasteiger partial charge in [0, 0.05) is 31.1 Å². The molecule has 7 heteroatoms. The fraction of sp³-hybridized carbons (Fsp3) is 0.524. The summed E-state index contributed by atoms with van der Waals surface area (Å²) in [7, 11) is 1.85. The number of benzene rings is 1. The van der Waals surface area contributed by atoms with E-state index in [0.717, 1.165) is 42.0 Å². The lowest BCUT2D eigenvalue weighted by Crippen LogP contribution is -2.42. The second kappa shape index (κ2) is 11.7. The summed E-state index contributed by atoms with van der Waals surface area (Å²) < 4.78 is 1.97. The Bertz CT molecular complexity index is 747. The highest BCUT2D eigenvalue weighted by Gasteiger charge is 2.24. The smallest absolute Gasteiger partial charge is 0.191 e. The van der Waals surface area contributed by atoms with Gasteiger partial charge in [0.15, 0.2) is 5.96 Å². The van der Waals surface area contributed by atoms with Crippen LogP contribution in [-0.4, -0.2) is 46.9 Å². The van der Waals surface area contributed by atoms with Crippen molar-refractivity contribution in [2.75, 3.05) is 19.8 Å². The molecular weight excluding hydrogens is 481 g/mol. The number of para-hydroxylation sites is 1. The molecule has 0 radical (unpaired) electrons. The second-order valence-corrected chi connectivity index (χ2v) is 8.27. The maximum atomic E-state index is 4.65. The van der Waals surface area contributed by atoms with Crippen LogP contribution in [0.15, 0.2) is 41.5 Å². The van der Waals surface area contributed by atoms with E-state index >= 15 is 0 Å². The summed E-state index contributed by atoms with van der Waals surface area (Å²) in [5.74, 6) is 0.929. The van der Waals surface area contributed by atoms with E-state index in [2.05, 4.69) is 52.2 Å². The zero-order valence-electron chi connectivity index (χ0n) is 17.0. The molecule has 3 rings (SSSR count). The number of halogens is 1. The summed E-state index contributed by atoms with van der Waals surface area (Å²) in [5.41, 5.74) is 3.52. The molecule has 1 aliphatic carbocycles. The lowest BCUT2D eigenvalue weighted by molar-refractivity contribution is 0.611. The Balaban J connectivity index is 0.00000280. The van der Waals surface area contributed by atoms with Crippen LogP contribution in [0.5, 0.6) is 0 Å². The standard InChI is InChI=1S/C21H31N5S.HI/c1-16-17(15-26(25-16)19-9-5-4-6-10-19)8-7-13-23-21(22-2)24-18-11-12-20(14-18)27-3;/h4-6,9-10,15,18,20H,7-8,11-14H2,1-3H3,(H2,22,23,24);1H. The molecule has 2 aromatic rings. The van der Waals surface area contributed by atoms with E-state index in [4.69, 9.17) is 0 Å². The quantitative estimate of drug-likeness (QED) is 0.253. The van der Waals surface area contributed by atoms with Crippen molar-refractivity contribution >= 4 is 41.7 Å². The molecule has 5 nitrogen and oxygen atoms in total. The second-order valence-electron chi connectivity index (χ2n) is 7.13. The van der Waals surface area contributed by atoms with E-state index < -0.39 is 0 Å². The minimum absolute atomic E-state index is 0. The minimum Gasteiger partial charge on any atom is -0.356 e. The first-order valence-corrected chi connectivity index (χ1v) is 11.1. The third-order valence-electron chi connectivity index (χ3n) is 5.22. The Morgan fingerprint density at radius 3 is 2.75 bits per heavy atom. The number of nitrogens with one attached hydrogen (secondary N) is 2. The summed E-state index contributed by atoms with van der Waals surface area (Å²) in [6, 6.07) is 10.8. The van der Waals surface area contributed by atoms with Crippen molar-refractivity contribution in [3.05, 3.63) is 47.8 Å². The van der Waals surface area contributed by atoms with Crippen LogP contribution in [0.3, 0.4) is 0 Å². The number of nitrogens with zero attached hydrogens (tertiary/aromatic N) is 3. The lowest BCUT2D eigenvalue weighted by atomic mass is 10.1. The van der Waals surface area contributed by atoms with Crippen molar-refractivity contribution in [1.82, 2.24) is 20.4 Å². The van der Waals surface area contributed by atoms with Gasteiger partial charge in [-0.2, -0.15) is 16.9 Å². The number of aryl methyl sites for hydroxylation is 2. The lowest BCUT2D eigenvalue weighted by Gasteiger charge is -2.17. The van der Waals surface area contributed by atoms with Gasteiger partial charge in [-0.3, -0.25) is 4.99 Å². The first-order valence-electron chi connectivity index (χ1n) is 9.80. The van der Waals surface area contributed by atoms with Gasteiger partial charge in [-0.1, -0.05) is 18.2 Å². The maximum Gasteiger partial charge on any atom is 0.191 e. The predicted octanol–water partition coefficient (Wildman–Crippen LogP) is 4.18. The van der Waals surface area contributed by atoms with Crippen molar-refractivity contribution in [2.45, 2.75) is 50.3 Å². The van der Waals surface area contributed by atoms with Gasteiger partial charge in [0.25, 0.3) is 0 Å². The summed E-state index contributed by atoms with van der Waals surface area (Å²) in [5, 5.41) is 12.5. The van der Waals surface area contributed by atoms with Crippen molar-refractivity contribution in [3.63, 3.8) is 0 Å². The minimum atomic E-state index is 0. The Kier molecular flexibility index (Phi) is 9.64. The monoisotopic (exact) mass is 513 g/mol. The first-order chi connectivity index (χ1) is 13.2. The van der Waals surface area contributed by atoms with Crippen LogP contribution in [0.1, 0.15) is 36.9 Å². The molecule has 0 bridgehead atoms. The molecule has 1 heterocycles. The predicted molar refractivity (Wildman–Crippen MR) is 131 cm³/mol. The number of hydrogen-bond donors (Lipinski definition) is 2. The molecule has 0 aliphatic heterocycles. The summed E-state index contributed by atoms with van der Waals surface area (Å²) in [6.45, 7) is 3.00. The molecular formula is C21H32IN5S. The van der Waals surface area contributed by atoms with Crippen LogP contribution < -0.4 is 10.6 Å². The van der Waals surface area contributed by atoms with Gasteiger partial charge in [-0.05, 0) is 63.0 Å². The zero-order chi connectivity index (χ0) is 19.1. The summed E-state index contributed by atoms with van der Waals surface area (Å²) in [6.07, 6.45) is 10.2. The van der Waals surface area contributed by atoms with Gasteiger partial charge in [0.2, 0.25) is 0 Å². The van der Waals surface area contributed by atoms with Crippen molar-refractivity contribution in [1.29, 1.82) is 0 Å². The molecule has 2 atom stereocenters. The highest BCUT2D eigenvalue weighted by Crippen LogP contribution is 2.28. The first kappa shape index (κ1) is 23.1. The average molecular weight is 513 g/mol. The van der Waals surface area contributed by atoms with E-state index in [9.17, 15) is 0 Å². The molecule has 1 aromatic heterocycles. The molecule has 154 valence electrons. The Labute approximate surface area is 190 Å². The summed E-state index contributed by atoms with van der Waals surface area (Å²) in [4.78, 5) is 4.38. The normalized spacial score (nSPS) is 19.3. The van der Waals surface area contributed by atoms with Gasteiger partial charge in [-0.25, -0.2) is 4.68 Å². The molecule has 28 heavy (non-hydrogen) atoms. The van der Waals surface area contributed by atoms with Crippen molar-refractivity contribution < 1.29 is 0 Å². The van der Waals surface area contributed by atoms with Crippen molar-refractivity contribution in [2.24, 2.45) is 4.99 Å². The van der Waals surface area contributed by atoms with Gasteiger partial charge in [-0.15, -0.1) is 24.0 Å². The van der Waals surface area contributed by atoms with Crippen LogP contribution in [0.2, 0.25) is 0 Å². The third-order valence-corrected chi connectivity index (χ3v) is 6.31. The molecule has 1 aliphatic rings. The SMILES string of the molecule is CN=C(NCCCc1cn(-c2ccccc2)nc1C)NC1CCC(SC)C1.I. The Morgan fingerprint density at radius 2 is 2.07 bits per heavy atom. The summed E-state index contributed by atoms with van der Waals surface area (Å²) >= 11 is 1.98. The van der Waals surface area contributed by atoms with Crippen LogP contribution in [0.4, 0.5) is 0 Å². The van der Waals surface area contributed by atoms with Gasteiger partial charge < -0.3 is 10.6 Å². The average Bonchev–Trinajstić information content (AvgIpc) is 3.31. The fourth-order valence-corrected chi connectivity index (χ4v) is 4.41. The topological polar surface area (TPSA) is 54.2 Å². The molecule has 1 aromatic carbocycles. The molecule has 2 unspecified atom stereocenters. The molecule has 0 spiro atoms. The third kappa shape index (κ3) is 6.40.